The van der Waals surface area contributed by atoms with E-state index in [9.17, 15) is 19.5 Å². The van der Waals surface area contributed by atoms with E-state index in [1.807, 2.05) is 43.3 Å². The van der Waals surface area contributed by atoms with Gasteiger partial charge >= 0.3 is 0 Å². The van der Waals surface area contributed by atoms with Crippen LogP contribution in [0.15, 0.2) is 84.4 Å². The molecule has 0 radical (unpaired) electrons. The Balaban J connectivity index is 1.50. The van der Waals surface area contributed by atoms with Gasteiger partial charge in [-0.2, -0.15) is 0 Å². The van der Waals surface area contributed by atoms with Gasteiger partial charge in [-0.05, 0) is 55.0 Å². The Hall–Kier alpha value is -4.43. The largest absolute Gasteiger partial charge is 0.508 e. The number of phenols is 1. The average molecular weight is 625 g/mol. The van der Waals surface area contributed by atoms with Gasteiger partial charge in [0.25, 0.3) is 0 Å². The van der Waals surface area contributed by atoms with E-state index in [0.29, 0.717) is 47.0 Å². The van der Waals surface area contributed by atoms with Crippen LogP contribution in [0.25, 0.3) is 0 Å². The first-order valence-electron chi connectivity index (χ1n) is 15.4. The number of rotatable bonds is 6. The number of imide groups is 2. The predicted molar refractivity (Wildman–Crippen MR) is 168 cm³/mol. The molecule has 4 amide bonds. The molecule has 4 aliphatic rings. The summed E-state index contributed by atoms with van der Waals surface area (Å²) in [5, 5.41) is 11.9. The standard InChI is InChI=1S/C36H33ClN2O6/c1-3-16-38-32(41)26-15-14-24-27(30(26)34(38)43)19-28-33(42)39(22-11-7-10-21(37)17-22)35(44)36(28,20-8-5-4-6-9-20)31(24)25-13-12-23(45-2)18-29(25)40/h4-14,17-18,26-28,30-31,40H,3,15-16,19H2,1-2H3/t26-,27+,28-,30-,31+,36+/m0/s1. The first kappa shape index (κ1) is 29.3. The number of aromatic hydroxyl groups is 1. The summed E-state index contributed by atoms with van der Waals surface area (Å²) in [7, 11) is 1.50. The molecule has 7 rings (SSSR count). The van der Waals surface area contributed by atoms with Crippen molar-refractivity contribution in [1.82, 2.24) is 4.90 Å². The number of allylic oxidation sites excluding steroid dienone is 2. The number of benzene rings is 3. The van der Waals surface area contributed by atoms with Crippen LogP contribution in [-0.2, 0) is 24.6 Å². The highest BCUT2D eigenvalue weighted by atomic mass is 35.5. The molecule has 2 aliphatic heterocycles. The van der Waals surface area contributed by atoms with E-state index >= 15 is 4.79 Å². The molecule has 45 heavy (non-hydrogen) atoms. The summed E-state index contributed by atoms with van der Waals surface area (Å²) in [5.74, 6) is -4.22. The zero-order chi connectivity index (χ0) is 31.6. The van der Waals surface area contributed by atoms with Crippen LogP contribution in [0.1, 0.15) is 43.2 Å². The average Bonchev–Trinajstić information content (AvgIpc) is 3.42. The number of hydrogen-bond donors (Lipinski definition) is 1. The number of fused-ring (bicyclic) bond motifs is 4. The maximum absolute atomic E-state index is 15.2. The highest BCUT2D eigenvalue weighted by Crippen LogP contribution is 2.65. The van der Waals surface area contributed by atoms with Gasteiger partial charge in [0.15, 0.2) is 0 Å². The molecule has 2 saturated heterocycles. The van der Waals surface area contributed by atoms with E-state index in [1.165, 1.54) is 23.0 Å². The van der Waals surface area contributed by atoms with Crippen molar-refractivity contribution < 1.29 is 29.0 Å². The second kappa shape index (κ2) is 10.9. The van der Waals surface area contributed by atoms with Gasteiger partial charge in [0.2, 0.25) is 23.6 Å². The summed E-state index contributed by atoms with van der Waals surface area (Å²) >= 11 is 6.35. The van der Waals surface area contributed by atoms with Crippen LogP contribution < -0.4 is 9.64 Å². The van der Waals surface area contributed by atoms with E-state index < -0.39 is 46.8 Å². The minimum atomic E-state index is -1.45. The van der Waals surface area contributed by atoms with Gasteiger partial charge in [-0.3, -0.25) is 24.1 Å². The van der Waals surface area contributed by atoms with Gasteiger partial charge in [0.1, 0.15) is 11.5 Å². The lowest BCUT2D eigenvalue weighted by Crippen LogP contribution is -2.53. The molecule has 0 bridgehead atoms. The fourth-order valence-corrected chi connectivity index (χ4v) is 8.68. The zero-order valence-corrected chi connectivity index (χ0v) is 25.7. The number of anilines is 1. The van der Waals surface area contributed by atoms with E-state index in [0.717, 1.165) is 5.57 Å². The highest BCUT2D eigenvalue weighted by molar-refractivity contribution is 6.32. The lowest BCUT2D eigenvalue weighted by molar-refractivity contribution is -0.140. The van der Waals surface area contributed by atoms with Crippen molar-refractivity contribution in [2.75, 3.05) is 18.6 Å². The summed E-state index contributed by atoms with van der Waals surface area (Å²) < 4.78 is 5.38. The fourth-order valence-electron chi connectivity index (χ4n) is 8.49. The smallest absolute Gasteiger partial charge is 0.246 e. The van der Waals surface area contributed by atoms with Crippen molar-refractivity contribution in [3.05, 3.63) is 101 Å². The molecule has 3 aromatic rings. The number of nitrogens with zero attached hydrogens (tertiary/aromatic N) is 2. The van der Waals surface area contributed by atoms with Gasteiger partial charge in [0.05, 0.1) is 36.0 Å². The number of amides is 4. The molecule has 0 spiro atoms. The lowest BCUT2D eigenvalue weighted by Gasteiger charge is -2.50. The molecule has 2 aliphatic carbocycles. The summed E-state index contributed by atoms with van der Waals surface area (Å²) in [6, 6.07) is 20.9. The third kappa shape index (κ3) is 4.11. The third-order valence-corrected chi connectivity index (χ3v) is 10.5. The third-order valence-electron chi connectivity index (χ3n) is 10.3. The van der Waals surface area contributed by atoms with Gasteiger partial charge < -0.3 is 9.84 Å². The normalized spacial score (nSPS) is 29.0. The number of ether oxygens (including phenoxy) is 1. The number of phenolic OH excluding ortho intramolecular Hbond substituents is 1. The van der Waals surface area contributed by atoms with Crippen LogP contribution in [0.4, 0.5) is 5.69 Å². The molecule has 0 unspecified atom stereocenters. The molecule has 0 aromatic heterocycles. The number of methoxy groups -OCH3 is 1. The summed E-state index contributed by atoms with van der Waals surface area (Å²) in [6.07, 6.45) is 3.17. The number of halogens is 1. The molecule has 1 saturated carbocycles. The topological polar surface area (TPSA) is 104 Å². The van der Waals surface area contributed by atoms with E-state index in [4.69, 9.17) is 16.3 Å². The van der Waals surface area contributed by atoms with Crippen molar-refractivity contribution in [2.45, 2.75) is 37.5 Å². The zero-order valence-electron chi connectivity index (χ0n) is 25.0. The molecule has 230 valence electrons. The van der Waals surface area contributed by atoms with E-state index in [2.05, 4.69) is 0 Å². The Morgan fingerprint density at radius 2 is 1.71 bits per heavy atom. The molecule has 9 heteroatoms. The van der Waals surface area contributed by atoms with Crippen LogP contribution in [0.2, 0.25) is 5.02 Å². The van der Waals surface area contributed by atoms with Gasteiger partial charge in [0, 0.05) is 29.1 Å². The molecule has 3 aromatic carbocycles. The van der Waals surface area contributed by atoms with Crippen LogP contribution in [-0.4, -0.2) is 47.3 Å². The van der Waals surface area contributed by atoms with Crippen molar-refractivity contribution >= 4 is 40.9 Å². The SMILES string of the molecule is CCCN1C(=O)[C@H]2[C@H](CC=C3[C@H]2C[C@H]2C(=O)N(c4cccc(Cl)c4)C(=O)[C@@]2(c2ccccc2)[C@H]3c2ccc(OC)cc2O)C1=O. The highest BCUT2D eigenvalue weighted by Gasteiger charge is 2.70. The van der Waals surface area contributed by atoms with E-state index in [1.54, 1.807) is 36.4 Å². The molecule has 2 heterocycles. The molecule has 1 N–H and O–H groups in total. The van der Waals surface area contributed by atoms with Gasteiger partial charge in [-0.25, -0.2) is 4.90 Å². The molecule has 8 nitrogen and oxygen atoms in total. The van der Waals surface area contributed by atoms with Gasteiger partial charge in [-0.1, -0.05) is 72.6 Å². The van der Waals surface area contributed by atoms with Crippen molar-refractivity contribution in [1.29, 1.82) is 0 Å². The molecule has 3 fully saturated rings. The number of carbonyl (C=O) groups is 4. The molecular weight excluding hydrogens is 592 g/mol. The lowest BCUT2D eigenvalue weighted by atomic mass is 9.49. The molecular formula is C36H33ClN2O6. The fraction of sp³-hybridized carbons (Fsp3) is 0.333. The van der Waals surface area contributed by atoms with Crippen LogP contribution >= 0.6 is 11.6 Å². The number of likely N-dealkylation sites (tertiary alicyclic amines) is 1. The quantitative estimate of drug-likeness (QED) is 0.282. The molecule has 6 atom stereocenters. The van der Waals surface area contributed by atoms with Crippen LogP contribution in [0, 0.1) is 23.7 Å². The Morgan fingerprint density at radius 1 is 0.933 bits per heavy atom. The summed E-state index contributed by atoms with van der Waals surface area (Å²) in [5.41, 5.74) is 0.800. The minimum absolute atomic E-state index is 0.0834. The summed E-state index contributed by atoms with van der Waals surface area (Å²) in [4.78, 5) is 59.8. The Bertz CT molecular complexity index is 1770. The Labute approximate surface area is 266 Å². The Morgan fingerprint density at radius 3 is 2.40 bits per heavy atom. The summed E-state index contributed by atoms with van der Waals surface area (Å²) in [6.45, 7) is 2.27. The first-order chi connectivity index (χ1) is 21.7. The van der Waals surface area contributed by atoms with Crippen molar-refractivity contribution in [3.63, 3.8) is 0 Å². The number of hydrogen-bond acceptors (Lipinski definition) is 6. The number of carbonyl (C=O) groups excluding carboxylic acids is 4. The first-order valence-corrected chi connectivity index (χ1v) is 15.7. The van der Waals surface area contributed by atoms with Crippen LogP contribution in [0.5, 0.6) is 11.5 Å². The second-order valence-electron chi connectivity index (χ2n) is 12.3. The minimum Gasteiger partial charge on any atom is -0.508 e. The monoisotopic (exact) mass is 624 g/mol. The van der Waals surface area contributed by atoms with Crippen LogP contribution in [0.3, 0.4) is 0 Å². The maximum atomic E-state index is 15.2. The second-order valence-corrected chi connectivity index (χ2v) is 12.8. The maximum Gasteiger partial charge on any atom is 0.246 e. The van der Waals surface area contributed by atoms with E-state index in [-0.39, 0.29) is 24.0 Å². The Kier molecular flexibility index (Phi) is 7.08. The van der Waals surface area contributed by atoms with Gasteiger partial charge in [-0.15, -0.1) is 0 Å². The van der Waals surface area contributed by atoms with Crippen molar-refractivity contribution in [3.8, 4) is 11.5 Å². The van der Waals surface area contributed by atoms with Crippen molar-refractivity contribution in [2.24, 2.45) is 23.7 Å². The predicted octanol–water partition coefficient (Wildman–Crippen LogP) is 5.63.